The fourth-order valence-corrected chi connectivity index (χ4v) is 0.683. The molecule has 0 aromatic carbocycles. The lowest BCUT2D eigenvalue weighted by molar-refractivity contribution is 0.925. The zero-order valence-corrected chi connectivity index (χ0v) is 6.28. The summed E-state index contributed by atoms with van der Waals surface area (Å²) in [4.78, 5) is 0. The third-order valence-corrected chi connectivity index (χ3v) is 1.12. The Morgan fingerprint density at radius 1 is 1.56 bits per heavy atom. The van der Waals surface area contributed by atoms with Crippen LogP contribution < -0.4 is 5.32 Å². The molecule has 1 nitrogen and oxygen atoms in total. The van der Waals surface area contributed by atoms with E-state index >= 15 is 0 Å². The van der Waals surface area contributed by atoms with Gasteiger partial charge in [0.15, 0.2) is 0 Å². The number of nitrogens with one attached hydrogen (secondary N) is 1. The highest BCUT2D eigenvalue weighted by molar-refractivity contribution is 5.00. The zero-order chi connectivity index (χ0) is 7.11. The highest BCUT2D eigenvalue weighted by atomic mass is 14.8. The van der Waals surface area contributed by atoms with Gasteiger partial charge in [-0.05, 0) is 19.0 Å². The van der Waals surface area contributed by atoms with Gasteiger partial charge < -0.3 is 5.32 Å². The van der Waals surface area contributed by atoms with E-state index in [1.165, 1.54) is 5.70 Å². The van der Waals surface area contributed by atoms with Gasteiger partial charge in [0.2, 0.25) is 0 Å². The van der Waals surface area contributed by atoms with E-state index in [0.717, 1.165) is 12.8 Å². The normalized spacial score (nSPS) is 11.1. The van der Waals surface area contributed by atoms with Crippen molar-refractivity contribution in [1.29, 1.82) is 0 Å². The van der Waals surface area contributed by atoms with Crippen LogP contribution in [0.15, 0.2) is 24.6 Å². The number of hydrogen-bond acceptors (Lipinski definition) is 1. The lowest BCUT2D eigenvalue weighted by Crippen LogP contribution is -2.01. The molecule has 0 bridgehead atoms. The predicted octanol–water partition coefficient (Wildman–Crippen LogP) is 2.42. The van der Waals surface area contributed by atoms with Gasteiger partial charge in [0, 0.05) is 5.70 Å². The van der Waals surface area contributed by atoms with E-state index in [1.807, 2.05) is 0 Å². The van der Waals surface area contributed by atoms with Crippen LogP contribution in [-0.4, -0.2) is 0 Å². The molecule has 0 rings (SSSR count). The van der Waals surface area contributed by atoms with Gasteiger partial charge in [0.05, 0.1) is 0 Å². The van der Waals surface area contributed by atoms with Crippen molar-refractivity contribution in [2.75, 3.05) is 0 Å². The van der Waals surface area contributed by atoms with Crippen LogP contribution in [0.25, 0.3) is 0 Å². The molecule has 0 aromatic rings. The minimum atomic E-state index is 1.06. The summed E-state index contributed by atoms with van der Waals surface area (Å²) in [6, 6.07) is 0. The quantitative estimate of drug-likeness (QED) is 0.608. The second kappa shape index (κ2) is 5.42. The molecule has 9 heavy (non-hydrogen) atoms. The highest BCUT2D eigenvalue weighted by Crippen LogP contribution is 1.96. The first-order valence-corrected chi connectivity index (χ1v) is 3.41. The molecule has 52 valence electrons. The van der Waals surface area contributed by atoms with E-state index in [1.54, 1.807) is 6.20 Å². The van der Waals surface area contributed by atoms with Crippen LogP contribution in [0.4, 0.5) is 0 Å². The standard InChI is InChI=1S/C8H15N/c1-4-7-8(5-2)9-6-3/h6-7,9H,3-5H2,1-2H3/b8-7+. The van der Waals surface area contributed by atoms with Crippen molar-refractivity contribution in [1.82, 2.24) is 5.32 Å². The van der Waals surface area contributed by atoms with Gasteiger partial charge in [0.25, 0.3) is 0 Å². The van der Waals surface area contributed by atoms with Crippen molar-refractivity contribution < 1.29 is 0 Å². The number of rotatable bonds is 4. The summed E-state index contributed by atoms with van der Waals surface area (Å²) in [5.74, 6) is 0. The summed E-state index contributed by atoms with van der Waals surface area (Å²) in [5, 5.41) is 3.06. The molecular formula is C8H15N. The minimum Gasteiger partial charge on any atom is -0.366 e. The van der Waals surface area contributed by atoms with E-state index in [0.29, 0.717) is 0 Å². The van der Waals surface area contributed by atoms with E-state index in [2.05, 4.69) is 31.8 Å². The summed E-state index contributed by atoms with van der Waals surface area (Å²) in [6.07, 6.45) is 6.02. The first kappa shape index (κ1) is 8.28. The first-order chi connectivity index (χ1) is 4.35. The molecule has 0 fully saturated rings. The van der Waals surface area contributed by atoms with Crippen molar-refractivity contribution >= 4 is 0 Å². The van der Waals surface area contributed by atoms with Gasteiger partial charge >= 0.3 is 0 Å². The SMILES string of the molecule is C=CN/C(=C/CC)CC. The second-order valence-electron chi connectivity index (χ2n) is 1.84. The van der Waals surface area contributed by atoms with Crippen molar-refractivity contribution in [3.05, 3.63) is 24.6 Å². The van der Waals surface area contributed by atoms with Crippen LogP contribution in [0.2, 0.25) is 0 Å². The van der Waals surface area contributed by atoms with Crippen molar-refractivity contribution in [2.45, 2.75) is 26.7 Å². The topological polar surface area (TPSA) is 12.0 Å². The van der Waals surface area contributed by atoms with Crippen molar-refractivity contribution in [3.63, 3.8) is 0 Å². The average Bonchev–Trinajstić information content (AvgIpc) is 1.88. The summed E-state index contributed by atoms with van der Waals surface area (Å²) < 4.78 is 0. The van der Waals surface area contributed by atoms with Crippen LogP contribution >= 0.6 is 0 Å². The third kappa shape index (κ3) is 3.83. The smallest absolute Gasteiger partial charge is 0.0103 e. The lowest BCUT2D eigenvalue weighted by atomic mass is 10.3. The van der Waals surface area contributed by atoms with Crippen LogP contribution in [0, 0.1) is 0 Å². The molecule has 0 heterocycles. The summed E-state index contributed by atoms with van der Waals surface area (Å²) in [7, 11) is 0. The van der Waals surface area contributed by atoms with Gasteiger partial charge in [-0.2, -0.15) is 0 Å². The monoisotopic (exact) mass is 125 g/mol. The minimum absolute atomic E-state index is 1.06. The Hall–Kier alpha value is -0.720. The van der Waals surface area contributed by atoms with E-state index in [-0.39, 0.29) is 0 Å². The van der Waals surface area contributed by atoms with Gasteiger partial charge in [-0.25, -0.2) is 0 Å². The van der Waals surface area contributed by atoms with Gasteiger partial charge in [0.1, 0.15) is 0 Å². The molecule has 0 amide bonds. The average molecular weight is 125 g/mol. The van der Waals surface area contributed by atoms with Gasteiger partial charge in [-0.3, -0.25) is 0 Å². The van der Waals surface area contributed by atoms with E-state index < -0.39 is 0 Å². The Morgan fingerprint density at radius 2 is 2.22 bits per heavy atom. The van der Waals surface area contributed by atoms with E-state index in [4.69, 9.17) is 0 Å². The predicted molar refractivity (Wildman–Crippen MR) is 42.0 cm³/mol. The molecule has 0 aliphatic rings. The fourth-order valence-electron chi connectivity index (χ4n) is 0.683. The first-order valence-electron chi connectivity index (χ1n) is 3.41. The Kier molecular flexibility index (Phi) is 4.98. The Morgan fingerprint density at radius 3 is 2.56 bits per heavy atom. The Labute approximate surface area is 57.5 Å². The van der Waals surface area contributed by atoms with Crippen molar-refractivity contribution in [3.8, 4) is 0 Å². The van der Waals surface area contributed by atoms with Crippen LogP contribution in [0.1, 0.15) is 26.7 Å². The summed E-state index contributed by atoms with van der Waals surface area (Å²) in [6.45, 7) is 7.83. The van der Waals surface area contributed by atoms with Gasteiger partial charge in [-0.1, -0.05) is 26.5 Å². The van der Waals surface area contributed by atoms with Crippen molar-refractivity contribution in [2.24, 2.45) is 0 Å². The fraction of sp³-hybridized carbons (Fsp3) is 0.500. The third-order valence-electron chi connectivity index (χ3n) is 1.12. The summed E-state index contributed by atoms with van der Waals surface area (Å²) in [5.41, 5.74) is 1.26. The van der Waals surface area contributed by atoms with Gasteiger partial charge in [-0.15, -0.1) is 0 Å². The zero-order valence-electron chi connectivity index (χ0n) is 6.28. The Bertz CT molecular complexity index is 103. The molecule has 1 N–H and O–H groups in total. The molecule has 0 aliphatic heterocycles. The molecule has 0 radical (unpaired) electrons. The van der Waals surface area contributed by atoms with E-state index in [9.17, 15) is 0 Å². The number of hydrogen-bond donors (Lipinski definition) is 1. The molecule has 0 spiro atoms. The molecule has 0 aliphatic carbocycles. The summed E-state index contributed by atoms with van der Waals surface area (Å²) >= 11 is 0. The molecular weight excluding hydrogens is 110 g/mol. The molecule has 1 heteroatoms. The maximum Gasteiger partial charge on any atom is 0.0103 e. The van der Waals surface area contributed by atoms with Crippen LogP contribution in [-0.2, 0) is 0 Å². The highest BCUT2D eigenvalue weighted by Gasteiger charge is 1.84. The molecule has 0 atom stereocenters. The number of allylic oxidation sites excluding steroid dienone is 2. The van der Waals surface area contributed by atoms with Crippen LogP contribution in [0.3, 0.4) is 0 Å². The second-order valence-corrected chi connectivity index (χ2v) is 1.84. The largest absolute Gasteiger partial charge is 0.366 e. The lowest BCUT2D eigenvalue weighted by Gasteiger charge is -2.00. The maximum atomic E-state index is 3.58. The van der Waals surface area contributed by atoms with Crippen LogP contribution in [0.5, 0.6) is 0 Å². The molecule has 0 unspecified atom stereocenters. The molecule has 0 aromatic heterocycles. The molecule has 0 saturated carbocycles. The Balaban J connectivity index is 3.65. The maximum absolute atomic E-state index is 3.58. The molecule has 0 saturated heterocycles.